The summed E-state index contributed by atoms with van der Waals surface area (Å²) >= 11 is 0. The number of imidazole rings is 1. The van der Waals surface area contributed by atoms with Gasteiger partial charge in [0, 0.05) is 18.6 Å². The van der Waals surface area contributed by atoms with Gasteiger partial charge in [-0.3, -0.25) is 14.2 Å². The molecule has 0 radical (unpaired) electrons. The van der Waals surface area contributed by atoms with Gasteiger partial charge in [-0.05, 0) is 12.1 Å². The van der Waals surface area contributed by atoms with Gasteiger partial charge in [-0.25, -0.2) is 9.97 Å². The highest BCUT2D eigenvalue weighted by Crippen LogP contribution is 2.14. The highest BCUT2D eigenvalue weighted by molar-refractivity contribution is 5.90. The molecule has 0 aliphatic carbocycles. The zero-order valence-electron chi connectivity index (χ0n) is 9.16. The average molecular weight is 237 g/mol. The molecule has 0 unspecified atom stereocenters. The van der Waals surface area contributed by atoms with Crippen molar-refractivity contribution in [1.29, 1.82) is 0 Å². The summed E-state index contributed by atoms with van der Waals surface area (Å²) in [5, 5.41) is 0.543. The van der Waals surface area contributed by atoms with Crippen LogP contribution in [0.25, 0.3) is 27.7 Å². The van der Waals surface area contributed by atoms with E-state index in [4.69, 9.17) is 0 Å². The lowest BCUT2D eigenvalue weighted by molar-refractivity contribution is 1.10. The molecule has 0 aromatic carbocycles. The van der Waals surface area contributed by atoms with E-state index >= 15 is 0 Å². The van der Waals surface area contributed by atoms with Crippen molar-refractivity contribution in [2.24, 2.45) is 0 Å². The van der Waals surface area contributed by atoms with Crippen molar-refractivity contribution in [2.45, 2.75) is 0 Å². The first-order chi connectivity index (χ1) is 8.84. The number of hydrogen-bond donors (Lipinski definition) is 1. The van der Waals surface area contributed by atoms with Crippen molar-refractivity contribution in [1.82, 2.24) is 24.3 Å². The Morgan fingerprint density at radius 1 is 1.17 bits per heavy atom. The monoisotopic (exact) mass is 237 g/mol. The third-order valence-corrected chi connectivity index (χ3v) is 2.96. The van der Waals surface area contributed by atoms with E-state index in [1.54, 1.807) is 41.5 Å². The Bertz CT molecular complexity index is 953. The Balaban J connectivity index is 2.38. The number of pyridine rings is 2. The fourth-order valence-corrected chi connectivity index (χ4v) is 2.12. The van der Waals surface area contributed by atoms with Crippen molar-refractivity contribution in [2.75, 3.05) is 0 Å². The number of rotatable bonds is 0. The Kier molecular flexibility index (Phi) is 1.62. The molecule has 4 aromatic heterocycles. The Morgan fingerprint density at radius 3 is 3.00 bits per heavy atom. The summed E-state index contributed by atoms with van der Waals surface area (Å²) in [6.07, 6.45) is 6.47. The molecule has 4 aromatic rings. The van der Waals surface area contributed by atoms with E-state index in [1.807, 2.05) is 0 Å². The van der Waals surface area contributed by atoms with Crippen molar-refractivity contribution in [3.63, 3.8) is 0 Å². The van der Waals surface area contributed by atoms with E-state index in [1.165, 1.54) is 0 Å². The van der Waals surface area contributed by atoms with Crippen LogP contribution in [-0.2, 0) is 0 Å². The molecular formula is C12H7N5O. The molecule has 86 valence electrons. The van der Waals surface area contributed by atoms with Crippen LogP contribution in [0.2, 0.25) is 0 Å². The Morgan fingerprint density at radius 2 is 2.06 bits per heavy atom. The molecule has 0 fully saturated rings. The van der Waals surface area contributed by atoms with Crippen LogP contribution >= 0.6 is 0 Å². The molecular weight excluding hydrogens is 230 g/mol. The first-order valence-corrected chi connectivity index (χ1v) is 5.42. The molecule has 6 heteroatoms. The fraction of sp³-hybridized carbons (Fsp3) is 0. The lowest BCUT2D eigenvalue weighted by Gasteiger charge is -1.98. The maximum absolute atomic E-state index is 12.3. The van der Waals surface area contributed by atoms with E-state index in [0.717, 1.165) is 5.52 Å². The largest absolute Gasteiger partial charge is 0.339 e. The normalized spacial score (nSPS) is 11.6. The molecule has 0 atom stereocenters. The summed E-state index contributed by atoms with van der Waals surface area (Å²) in [6.45, 7) is 0. The van der Waals surface area contributed by atoms with Crippen molar-refractivity contribution >= 4 is 27.7 Å². The van der Waals surface area contributed by atoms with Crippen molar-refractivity contribution < 1.29 is 0 Å². The third kappa shape index (κ3) is 1.06. The number of fused-ring (bicyclic) bond motifs is 4. The summed E-state index contributed by atoms with van der Waals surface area (Å²) in [5.74, 6) is 0. The minimum Gasteiger partial charge on any atom is -0.339 e. The molecule has 0 spiro atoms. The zero-order valence-corrected chi connectivity index (χ0v) is 9.16. The van der Waals surface area contributed by atoms with Crippen LogP contribution in [0.1, 0.15) is 0 Å². The lowest BCUT2D eigenvalue weighted by Crippen LogP contribution is -2.04. The van der Waals surface area contributed by atoms with E-state index in [0.29, 0.717) is 22.2 Å². The highest BCUT2D eigenvalue weighted by atomic mass is 16.1. The van der Waals surface area contributed by atoms with Crippen molar-refractivity contribution in [3.05, 3.63) is 47.3 Å². The molecule has 4 heterocycles. The van der Waals surface area contributed by atoms with Gasteiger partial charge in [-0.2, -0.15) is 0 Å². The molecule has 0 amide bonds. The molecule has 18 heavy (non-hydrogen) atoms. The van der Waals surface area contributed by atoms with E-state index in [-0.39, 0.29) is 5.43 Å². The SMILES string of the molecule is O=c1c2cnccc2[nH]c2c1nc1ccncn12. The van der Waals surface area contributed by atoms with Gasteiger partial charge in [-0.15, -0.1) is 0 Å². The summed E-state index contributed by atoms with van der Waals surface area (Å²) in [5.41, 5.74) is 2.38. The lowest BCUT2D eigenvalue weighted by atomic mass is 10.2. The number of H-pyrrole nitrogens is 1. The highest BCUT2D eigenvalue weighted by Gasteiger charge is 2.11. The van der Waals surface area contributed by atoms with Gasteiger partial charge >= 0.3 is 0 Å². The number of aromatic nitrogens is 5. The molecule has 0 aliphatic heterocycles. The van der Waals surface area contributed by atoms with Crippen LogP contribution in [0.3, 0.4) is 0 Å². The average Bonchev–Trinajstić information content (AvgIpc) is 2.79. The topological polar surface area (TPSA) is 75.9 Å². The van der Waals surface area contributed by atoms with E-state index in [9.17, 15) is 4.79 Å². The van der Waals surface area contributed by atoms with Gasteiger partial charge < -0.3 is 4.98 Å². The molecule has 6 nitrogen and oxygen atoms in total. The molecule has 1 N–H and O–H groups in total. The van der Waals surface area contributed by atoms with Crippen LogP contribution in [-0.4, -0.2) is 24.3 Å². The van der Waals surface area contributed by atoms with Gasteiger partial charge in [0.25, 0.3) is 0 Å². The first kappa shape index (κ1) is 9.29. The summed E-state index contributed by atoms with van der Waals surface area (Å²) in [6, 6.07) is 3.53. The maximum Gasteiger partial charge on any atom is 0.218 e. The van der Waals surface area contributed by atoms with E-state index in [2.05, 4.69) is 19.9 Å². The third-order valence-electron chi connectivity index (χ3n) is 2.96. The van der Waals surface area contributed by atoms with Crippen LogP contribution in [0, 0.1) is 0 Å². The molecule has 4 rings (SSSR count). The Hall–Kier alpha value is -2.76. The summed E-state index contributed by atoms with van der Waals surface area (Å²) in [7, 11) is 0. The van der Waals surface area contributed by atoms with Crippen LogP contribution in [0.5, 0.6) is 0 Å². The molecule has 0 bridgehead atoms. The standard InChI is InChI=1S/C12H7N5O/c18-11-7-5-13-3-1-8(7)15-12-10(11)16-9-2-4-14-6-17(9)12/h1-6H,(H,15,18). The molecule has 0 saturated heterocycles. The quantitative estimate of drug-likeness (QED) is 0.497. The summed E-state index contributed by atoms with van der Waals surface area (Å²) in [4.78, 5) is 27.8. The first-order valence-electron chi connectivity index (χ1n) is 5.42. The Labute approximate surface area is 100.0 Å². The second-order valence-corrected chi connectivity index (χ2v) is 3.99. The second kappa shape index (κ2) is 3.13. The van der Waals surface area contributed by atoms with Crippen LogP contribution in [0.4, 0.5) is 0 Å². The van der Waals surface area contributed by atoms with Crippen LogP contribution in [0.15, 0.2) is 41.8 Å². The summed E-state index contributed by atoms with van der Waals surface area (Å²) < 4.78 is 1.76. The van der Waals surface area contributed by atoms with Gasteiger partial charge in [0.1, 0.15) is 17.6 Å². The van der Waals surface area contributed by atoms with E-state index < -0.39 is 0 Å². The predicted octanol–water partition coefficient (Wildman–Crippen LogP) is 1.12. The van der Waals surface area contributed by atoms with Gasteiger partial charge in [0.15, 0.2) is 5.52 Å². The second-order valence-electron chi connectivity index (χ2n) is 3.99. The smallest absolute Gasteiger partial charge is 0.218 e. The number of aromatic amines is 1. The van der Waals surface area contributed by atoms with Gasteiger partial charge in [0.2, 0.25) is 5.43 Å². The van der Waals surface area contributed by atoms with Crippen LogP contribution < -0.4 is 5.43 Å². The maximum atomic E-state index is 12.3. The fourth-order valence-electron chi connectivity index (χ4n) is 2.12. The predicted molar refractivity (Wildman–Crippen MR) is 66.4 cm³/mol. The van der Waals surface area contributed by atoms with Gasteiger partial charge in [-0.1, -0.05) is 0 Å². The van der Waals surface area contributed by atoms with Crippen molar-refractivity contribution in [3.8, 4) is 0 Å². The number of nitrogens with zero attached hydrogens (tertiary/aromatic N) is 4. The number of nitrogens with one attached hydrogen (secondary N) is 1. The number of hydrogen-bond acceptors (Lipinski definition) is 4. The minimum absolute atomic E-state index is 0.115. The van der Waals surface area contributed by atoms with Gasteiger partial charge in [0.05, 0.1) is 10.9 Å². The minimum atomic E-state index is -0.115. The zero-order chi connectivity index (χ0) is 12.1. The molecule has 0 aliphatic rings. The molecule has 0 saturated carbocycles.